The fraction of sp³-hybridized carbons (Fsp3) is 0.333. The maximum Gasteiger partial charge on any atom is 0.141 e. The van der Waals surface area contributed by atoms with Crippen LogP contribution >= 0.6 is 11.6 Å². The van der Waals surface area contributed by atoms with Gasteiger partial charge in [0.1, 0.15) is 12.4 Å². The summed E-state index contributed by atoms with van der Waals surface area (Å²) in [6.45, 7) is 6.01. The van der Waals surface area contributed by atoms with Crippen molar-refractivity contribution in [1.29, 1.82) is 0 Å². The third-order valence-electron chi connectivity index (χ3n) is 1.94. The molecule has 1 aromatic carbocycles. The average Bonchev–Trinajstić information content (AvgIpc) is 2.16. The van der Waals surface area contributed by atoms with E-state index in [4.69, 9.17) is 22.1 Å². The molecule has 2 nitrogen and oxygen atoms in total. The Morgan fingerprint density at radius 2 is 2.33 bits per heavy atom. The second-order valence-electron chi connectivity index (χ2n) is 3.51. The van der Waals surface area contributed by atoms with E-state index in [0.717, 1.165) is 17.7 Å². The second kappa shape index (κ2) is 5.79. The second-order valence-corrected chi connectivity index (χ2v) is 3.92. The Morgan fingerprint density at radius 3 is 2.93 bits per heavy atom. The van der Waals surface area contributed by atoms with E-state index in [0.29, 0.717) is 11.6 Å². The molecule has 0 aliphatic carbocycles. The van der Waals surface area contributed by atoms with E-state index < -0.39 is 0 Å². The number of halogens is 1. The molecule has 82 valence electrons. The highest BCUT2D eigenvalue weighted by molar-refractivity contribution is 6.32. The van der Waals surface area contributed by atoms with Gasteiger partial charge in [0.25, 0.3) is 0 Å². The highest BCUT2D eigenvalue weighted by Crippen LogP contribution is 2.29. The van der Waals surface area contributed by atoms with Crippen LogP contribution in [0.3, 0.4) is 0 Å². The largest absolute Gasteiger partial charge is 0.488 e. The molecule has 0 bridgehead atoms. The lowest BCUT2D eigenvalue weighted by atomic mass is 10.1. The molecule has 0 radical (unpaired) electrons. The van der Waals surface area contributed by atoms with E-state index in [2.05, 4.69) is 6.58 Å². The standard InChI is InChI=1S/C12H16ClNO/c1-3-7-15-12-10(8-9(2)14)5-4-6-11(12)13/h3-6,9H,1,7-8,14H2,2H3. The summed E-state index contributed by atoms with van der Waals surface area (Å²) in [5.41, 5.74) is 6.79. The third-order valence-corrected chi connectivity index (χ3v) is 2.23. The molecule has 0 saturated heterocycles. The van der Waals surface area contributed by atoms with Crippen LogP contribution in [-0.4, -0.2) is 12.6 Å². The third kappa shape index (κ3) is 3.57. The number of hydrogen-bond acceptors (Lipinski definition) is 2. The van der Waals surface area contributed by atoms with Gasteiger partial charge in [-0.2, -0.15) is 0 Å². The number of nitrogens with two attached hydrogens (primary N) is 1. The zero-order valence-electron chi connectivity index (χ0n) is 8.87. The molecular weight excluding hydrogens is 210 g/mol. The van der Waals surface area contributed by atoms with Gasteiger partial charge in [0.15, 0.2) is 0 Å². The maximum atomic E-state index is 6.05. The maximum absolute atomic E-state index is 6.05. The Morgan fingerprint density at radius 1 is 1.60 bits per heavy atom. The van der Waals surface area contributed by atoms with Crippen LogP contribution in [0.15, 0.2) is 30.9 Å². The summed E-state index contributed by atoms with van der Waals surface area (Å²) < 4.78 is 5.51. The highest BCUT2D eigenvalue weighted by atomic mass is 35.5. The van der Waals surface area contributed by atoms with Gasteiger partial charge in [-0.25, -0.2) is 0 Å². The molecule has 15 heavy (non-hydrogen) atoms. The average molecular weight is 226 g/mol. The zero-order valence-corrected chi connectivity index (χ0v) is 9.63. The van der Waals surface area contributed by atoms with Gasteiger partial charge in [0.05, 0.1) is 5.02 Å². The molecule has 0 saturated carbocycles. The molecule has 2 N–H and O–H groups in total. The molecule has 0 aliphatic rings. The van der Waals surface area contributed by atoms with Crippen LogP contribution in [0, 0.1) is 0 Å². The predicted octanol–water partition coefficient (Wildman–Crippen LogP) is 2.79. The van der Waals surface area contributed by atoms with Gasteiger partial charge in [0.2, 0.25) is 0 Å². The molecule has 0 fully saturated rings. The quantitative estimate of drug-likeness (QED) is 0.783. The molecule has 1 rings (SSSR count). The van der Waals surface area contributed by atoms with Crippen molar-refractivity contribution in [3.8, 4) is 5.75 Å². The summed E-state index contributed by atoms with van der Waals surface area (Å²) >= 11 is 6.05. The first-order valence-electron chi connectivity index (χ1n) is 4.91. The van der Waals surface area contributed by atoms with Crippen LogP contribution in [0.5, 0.6) is 5.75 Å². The van der Waals surface area contributed by atoms with Crippen LogP contribution in [0.2, 0.25) is 5.02 Å². The van der Waals surface area contributed by atoms with Crippen molar-refractivity contribution < 1.29 is 4.74 Å². The normalized spacial score (nSPS) is 12.2. The fourth-order valence-corrected chi connectivity index (χ4v) is 1.61. The van der Waals surface area contributed by atoms with Gasteiger partial charge < -0.3 is 10.5 Å². The molecule has 1 unspecified atom stereocenters. The Bertz CT molecular complexity index is 336. The molecule has 0 heterocycles. The SMILES string of the molecule is C=CCOc1c(Cl)cccc1CC(C)N. The number of benzene rings is 1. The number of hydrogen-bond donors (Lipinski definition) is 1. The lowest BCUT2D eigenvalue weighted by Gasteiger charge is -2.13. The van der Waals surface area contributed by atoms with Crippen LogP contribution in [0.4, 0.5) is 0 Å². The first-order valence-corrected chi connectivity index (χ1v) is 5.29. The fourth-order valence-electron chi connectivity index (χ4n) is 1.37. The number of rotatable bonds is 5. The van der Waals surface area contributed by atoms with Crippen molar-refractivity contribution in [1.82, 2.24) is 0 Å². The molecule has 0 aliphatic heterocycles. The summed E-state index contributed by atoms with van der Waals surface area (Å²) in [4.78, 5) is 0. The Kier molecular flexibility index (Phi) is 4.66. The highest BCUT2D eigenvalue weighted by Gasteiger charge is 2.09. The van der Waals surface area contributed by atoms with E-state index in [-0.39, 0.29) is 6.04 Å². The number of ether oxygens (including phenoxy) is 1. The van der Waals surface area contributed by atoms with Gasteiger partial charge in [-0.05, 0) is 25.0 Å². The minimum absolute atomic E-state index is 0.0922. The molecule has 1 aromatic rings. The minimum Gasteiger partial charge on any atom is -0.488 e. The van der Waals surface area contributed by atoms with Crippen molar-refractivity contribution in [2.45, 2.75) is 19.4 Å². The minimum atomic E-state index is 0.0922. The van der Waals surface area contributed by atoms with Gasteiger partial charge >= 0.3 is 0 Å². The Balaban J connectivity index is 2.91. The van der Waals surface area contributed by atoms with Crippen molar-refractivity contribution >= 4 is 11.6 Å². The van der Waals surface area contributed by atoms with Crippen molar-refractivity contribution in [2.75, 3.05) is 6.61 Å². The van der Waals surface area contributed by atoms with Gasteiger partial charge in [-0.15, -0.1) is 0 Å². The summed E-state index contributed by atoms with van der Waals surface area (Å²) in [5, 5.41) is 0.620. The number of para-hydroxylation sites is 1. The van der Waals surface area contributed by atoms with E-state index in [1.807, 2.05) is 25.1 Å². The summed E-state index contributed by atoms with van der Waals surface area (Å²) in [6.07, 6.45) is 2.45. The van der Waals surface area contributed by atoms with Crippen molar-refractivity contribution in [2.24, 2.45) is 5.73 Å². The molecule has 0 spiro atoms. The molecule has 3 heteroatoms. The smallest absolute Gasteiger partial charge is 0.141 e. The first-order chi connectivity index (χ1) is 7.15. The van der Waals surface area contributed by atoms with Crippen molar-refractivity contribution in [3.05, 3.63) is 41.4 Å². The van der Waals surface area contributed by atoms with Crippen LogP contribution < -0.4 is 10.5 Å². The summed E-state index contributed by atoms with van der Waals surface area (Å²) in [5.74, 6) is 0.719. The van der Waals surface area contributed by atoms with Crippen LogP contribution in [0.25, 0.3) is 0 Å². The Hall–Kier alpha value is -0.990. The first kappa shape index (κ1) is 12.1. The van der Waals surface area contributed by atoms with Crippen LogP contribution in [0.1, 0.15) is 12.5 Å². The van der Waals surface area contributed by atoms with E-state index in [1.54, 1.807) is 6.08 Å². The molecule has 0 amide bonds. The lowest BCUT2D eigenvalue weighted by molar-refractivity contribution is 0.358. The van der Waals surface area contributed by atoms with Gasteiger partial charge in [-0.1, -0.05) is 36.4 Å². The molecule has 0 aromatic heterocycles. The Labute approximate surface area is 95.7 Å². The monoisotopic (exact) mass is 225 g/mol. The van der Waals surface area contributed by atoms with Gasteiger partial charge in [-0.3, -0.25) is 0 Å². The summed E-state index contributed by atoms with van der Waals surface area (Å²) in [7, 11) is 0. The van der Waals surface area contributed by atoms with E-state index in [1.165, 1.54) is 0 Å². The summed E-state index contributed by atoms with van der Waals surface area (Å²) in [6, 6.07) is 5.79. The van der Waals surface area contributed by atoms with Crippen LogP contribution in [-0.2, 0) is 6.42 Å². The van der Waals surface area contributed by atoms with E-state index in [9.17, 15) is 0 Å². The lowest BCUT2D eigenvalue weighted by Crippen LogP contribution is -2.18. The van der Waals surface area contributed by atoms with Crippen molar-refractivity contribution in [3.63, 3.8) is 0 Å². The predicted molar refractivity (Wildman–Crippen MR) is 64.5 cm³/mol. The molecule has 1 atom stereocenters. The zero-order chi connectivity index (χ0) is 11.3. The van der Waals surface area contributed by atoms with Gasteiger partial charge in [0, 0.05) is 6.04 Å². The molecular formula is C12H16ClNO. The van der Waals surface area contributed by atoms with E-state index >= 15 is 0 Å². The topological polar surface area (TPSA) is 35.2 Å².